The largest absolute Gasteiger partial charge is 0.433 e. The highest BCUT2D eigenvalue weighted by Gasteiger charge is 2.32. The van der Waals surface area contributed by atoms with Crippen LogP contribution in [0.2, 0.25) is 0 Å². The number of halogens is 3. The second kappa shape index (κ2) is 10.1. The molecule has 0 fully saturated rings. The molecule has 1 aliphatic heterocycles. The van der Waals surface area contributed by atoms with Gasteiger partial charge in [0.05, 0.1) is 6.07 Å². The molecule has 2 rings (SSSR count). The third-order valence-electron chi connectivity index (χ3n) is 4.51. The van der Waals surface area contributed by atoms with E-state index in [1.807, 2.05) is 19.9 Å². The number of hydrogen-bond acceptors (Lipinski definition) is 4. The van der Waals surface area contributed by atoms with Gasteiger partial charge in [-0.15, -0.1) is 0 Å². The minimum atomic E-state index is -4.51. The molecule has 7 nitrogen and oxygen atoms in total. The topological polar surface area (TPSA) is 98.1 Å². The van der Waals surface area contributed by atoms with Crippen LogP contribution in [0.15, 0.2) is 24.5 Å². The smallest absolute Gasteiger partial charge is 0.341 e. The van der Waals surface area contributed by atoms with E-state index in [1.54, 1.807) is 6.20 Å². The Kier molecular flexibility index (Phi) is 7.80. The maximum Gasteiger partial charge on any atom is 0.433 e. The first-order valence-corrected chi connectivity index (χ1v) is 9.58. The molecule has 0 saturated heterocycles. The first-order valence-electron chi connectivity index (χ1n) is 9.58. The number of nitriles is 1. The van der Waals surface area contributed by atoms with Crippen molar-refractivity contribution in [3.05, 3.63) is 35.8 Å². The van der Waals surface area contributed by atoms with Crippen LogP contribution in [0.1, 0.15) is 44.4 Å². The van der Waals surface area contributed by atoms with Gasteiger partial charge in [0.2, 0.25) is 5.91 Å². The van der Waals surface area contributed by atoms with E-state index in [4.69, 9.17) is 5.26 Å². The second-order valence-corrected chi connectivity index (χ2v) is 7.39. The molecule has 2 heterocycles. The standard InChI is InChI=1S/C20H24F3N5O2/c1-13(2)10-16(18(29)25-8-7-24)27-19(30)28-9-3-4-15(12-28)14-5-6-17(26-11-14)20(21,22)23/h5-6,11-13,16H,3-4,8-10H2,1-2H3,(H,25,29)(H,27,30). The van der Waals surface area contributed by atoms with Crippen LogP contribution in [-0.2, 0) is 11.0 Å². The van der Waals surface area contributed by atoms with Crippen LogP contribution in [-0.4, -0.2) is 41.0 Å². The minimum Gasteiger partial charge on any atom is -0.341 e. The summed E-state index contributed by atoms with van der Waals surface area (Å²) in [4.78, 5) is 29.8. The maximum atomic E-state index is 12.7. The molecule has 1 aromatic heterocycles. The van der Waals surface area contributed by atoms with Crippen molar-refractivity contribution in [3.8, 4) is 6.07 Å². The quantitative estimate of drug-likeness (QED) is 0.686. The molecule has 162 valence electrons. The Morgan fingerprint density at radius 1 is 1.33 bits per heavy atom. The van der Waals surface area contributed by atoms with Gasteiger partial charge in [-0.25, -0.2) is 4.79 Å². The number of rotatable bonds is 6. The highest BCUT2D eigenvalue weighted by molar-refractivity contribution is 5.88. The number of allylic oxidation sites excluding steroid dienone is 1. The van der Waals surface area contributed by atoms with Gasteiger partial charge in [0.25, 0.3) is 0 Å². The van der Waals surface area contributed by atoms with E-state index in [0.29, 0.717) is 36.9 Å². The van der Waals surface area contributed by atoms with Crippen molar-refractivity contribution in [2.24, 2.45) is 5.92 Å². The number of nitrogens with zero attached hydrogens (tertiary/aromatic N) is 3. The summed E-state index contributed by atoms with van der Waals surface area (Å²) in [5.74, 6) is -0.305. The summed E-state index contributed by atoms with van der Waals surface area (Å²) in [5, 5.41) is 13.8. The lowest BCUT2D eigenvalue weighted by molar-refractivity contribution is -0.141. The van der Waals surface area contributed by atoms with Crippen molar-refractivity contribution in [3.63, 3.8) is 0 Å². The molecule has 0 bridgehead atoms. The number of amides is 3. The van der Waals surface area contributed by atoms with Crippen LogP contribution < -0.4 is 10.6 Å². The number of aromatic nitrogens is 1. The van der Waals surface area contributed by atoms with Gasteiger partial charge in [-0.05, 0) is 42.4 Å². The molecule has 1 atom stereocenters. The summed E-state index contributed by atoms with van der Waals surface area (Å²) < 4.78 is 38.1. The third kappa shape index (κ3) is 6.47. The molecule has 30 heavy (non-hydrogen) atoms. The van der Waals surface area contributed by atoms with E-state index in [-0.39, 0.29) is 12.5 Å². The zero-order valence-corrected chi connectivity index (χ0v) is 16.8. The Hall–Kier alpha value is -3.09. The summed E-state index contributed by atoms with van der Waals surface area (Å²) in [5.41, 5.74) is 0.218. The van der Waals surface area contributed by atoms with E-state index in [9.17, 15) is 22.8 Å². The van der Waals surface area contributed by atoms with Gasteiger partial charge in [0.15, 0.2) is 0 Å². The summed E-state index contributed by atoms with van der Waals surface area (Å²) in [7, 11) is 0. The molecule has 0 radical (unpaired) electrons. The van der Waals surface area contributed by atoms with E-state index in [0.717, 1.165) is 12.3 Å². The second-order valence-electron chi connectivity index (χ2n) is 7.39. The Morgan fingerprint density at radius 2 is 2.07 bits per heavy atom. The lowest BCUT2D eigenvalue weighted by atomic mass is 10.0. The van der Waals surface area contributed by atoms with Crippen molar-refractivity contribution in [2.75, 3.05) is 13.1 Å². The van der Waals surface area contributed by atoms with Crippen LogP contribution in [0.25, 0.3) is 5.57 Å². The Balaban J connectivity index is 2.12. The van der Waals surface area contributed by atoms with Crippen molar-refractivity contribution in [2.45, 2.75) is 45.3 Å². The van der Waals surface area contributed by atoms with Crippen LogP contribution in [0.5, 0.6) is 0 Å². The lowest BCUT2D eigenvalue weighted by Crippen LogP contribution is -2.51. The molecule has 1 aromatic rings. The average Bonchev–Trinajstić information content (AvgIpc) is 2.70. The first-order chi connectivity index (χ1) is 14.1. The monoisotopic (exact) mass is 423 g/mol. The fourth-order valence-electron chi connectivity index (χ4n) is 3.07. The molecule has 1 unspecified atom stereocenters. The molecular weight excluding hydrogens is 399 g/mol. The van der Waals surface area contributed by atoms with Gasteiger partial charge in [0.1, 0.15) is 18.3 Å². The molecule has 2 N–H and O–H groups in total. The normalized spacial score (nSPS) is 15.2. The molecule has 0 spiro atoms. The Morgan fingerprint density at radius 3 is 2.63 bits per heavy atom. The number of pyridine rings is 1. The zero-order chi connectivity index (χ0) is 22.3. The Labute approximate surface area is 173 Å². The Bertz CT molecular complexity index is 828. The average molecular weight is 423 g/mol. The molecular formula is C20H24F3N5O2. The van der Waals surface area contributed by atoms with E-state index in [2.05, 4.69) is 15.6 Å². The lowest BCUT2D eigenvalue weighted by Gasteiger charge is -2.28. The van der Waals surface area contributed by atoms with Crippen molar-refractivity contribution >= 4 is 17.5 Å². The fourth-order valence-corrected chi connectivity index (χ4v) is 3.07. The fraction of sp³-hybridized carbons (Fsp3) is 0.500. The van der Waals surface area contributed by atoms with E-state index < -0.39 is 29.9 Å². The van der Waals surface area contributed by atoms with Crippen molar-refractivity contribution < 1.29 is 22.8 Å². The number of hydrogen-bond donors (Lipinski definition) is 2. The molecule has 0 aliphatic carbocycles. The highest BCUT2D eigenvalue weighted by atomic mass is 19.4. The van der Waals surface area contributed by atoms with Gasteiger partial charge in [-0.3, -0.25) is 9.78 Å². The van der Waals surface area contributed by atoms with Crippen LogP contribution in [0.3, 0.4) is 0 Å². The molecule has 0 saturated carbocycles. The van der Waals surface area contributed by atoms with Gasteiger partial charge < -0.3 is 15.5 Å². The number of urea groups is 1. The van der Waals surface area contributed by atoms with E-state index in [1.165, 1.54) is 11.0 Å². The van der Waals surface area contributed by atoms with Crippen LogP contribution >= 0.6 is 0 Å². The predicted molar refractivity (Wildman–Crippen MR) is 104 cm³/mol. The number of nitrogens with one attached hydrogen (secondary N) is 2. The SMILES string of the molecule is CC(C)CC(NC(=O)N1C=C(c2ccc(C(F)(F)F)nc2)CCC1)C(=O)NCC#N. The van der Waals surface area contributed by atoms with E-state index >= 15 is 0 Å². The summed E-state index contributed by atoms with van der Waals surface area (Å²) >= 11 is 0. The minimum absolute atomic E-state index is 0.133. The van der Waals surface area contributed by atoms with Crippen LogP contribution in [0.4, 0.5) is 18.0 Å². The predicted octanol–water partition coefficient (Wildman–Crippen LogP) is 3.30. The third-order valence-corrected chi connectivity index (χ3v) is 4.51. The zero-order valence-electron chi connectivity index (χ0n) is 16.8. The number of carbonyl (C=O) groups is 2. The first kappa shape index (κ1) is 23.2. The number of alkyl halides is 3. The van der Waals surface area contributed by atoms with Gasteiger partial charge in [-0.2, -0.15) is 18.4 Å². The highest BCUT2D eigenvalue weighted by Crippen LogP contribution is 2.30. The summed E-state index contributed by atoms with van der Waals surface area (Å²) in [6, 6.07) is 2.79. The summed E-state index contributed by atoms with van der Waals surface area (Å²) in [6.45, 7) is 4.08. The van der Waals surface area contributed by atoms with Gasteiger partial charge in [-0.1, -0.05) is 19.9 Å². The summed E-state index contributed by atoms with van der Waals surface area (Å²) in [6.07, 6.45) is -0.181. The van der Waals surface area contributed by atoms with Crippen LogP contribution in [0, 0.1) is 17.2 Å². The van der Waals surface area contributed by atoms with Crippen molar-refractivity contribution in [1.29, 1.82) is 5.26 Å². The molecule has 10 heteroatoms. The van der Waals surface area contributed by atoms with Gasteiger partial charge in [0, 0.05) is 18.9 Å². The number of carbonyl (C=O) groups excluding carboxylic acids is 2. The maximum absolute atomic E-state index is 12.7. The van der Waals surface area contributed by atoms with Gasteiger partial charge >= 0.3 is 12.2 Å². The molecule has 0 aromatic carbocycles. The molecule has 1 aliphatic rings. The molecule has 3 amide bonds. The van der Waals surface area contributed by atoms with Crippen molar-refractivity contribution in [1.82, 2.24) is 20.5 Å².